The molecule has 1 aliphatic rings. The normalized spacial score (nSPS) is 14.9. The van der Waals surface area contributed by atoms with Crippen LogP contribution in [-0.4, -0.2) is 42.2 Å². The first-order chi connectivity index (χ1) is 12.8. The third-order valence-electron chi connectivity index (χ3n) is 4.38. The SMILES string of the molecule is CC(=O)Nc1ccc(NC(=O)c2cc(S(=O)(=O)N3CCCC3)cn2C)cc1. The smallest absolute Gasteiger partial charge is 0.272 e. The van der Waals surface area contributed by atoms with Crippen molar-refractivity contribution in [2.45, 2.75) is 24.7 Å². The highest BCUT2D eigenvalue weighted by Crippen LogP contribution is 2.23. The van der Waals surface area contributed by atoms with E-state index < -0.39 is 15.9 Å². The molecule has 144 valence electrons. The molecule has 2 heterocycles. The van der Waals surface area contributed by atoms with Gasteiger partial charge in [-0.05, 0) is 43.2 Å². The lowest BCUT2D eigenvalue weighted by Crippen LogP contribution is -2.27. The van der Waals surface area contributed by atoms with Gasteiger partial charge in [0.15, 0.2) is 0 Å². The highest BCUT2D eigenvalue weighted by molar-refractivity contribution is 7.89. The number of amides is 2. The van der Waals surface area contributed by atoms with Crippen molar-refractivity contribution in [3.8, 4) is 0 Å². The third-order valence-corrected chi connectivity index (χ3v) is 6.24. The van der Waals surface area contributed by atoms with Gasteiger partial charge in [0.1, 0.15) is 10.6 Å². The van der Waals surface area contributed by atoms with E-state index >= 15 is 0 Å². The van der Waals surface area contributed by atoms with E-state index in [1.807, 2.05) is 0 Å². The van der Waals surface area contributed by atoms with Crippen LogP contribution in [0.25, 0.3) is 0 Å². The second-order valence-corrected chi connectivity index (χ2v) is 8.43. The number of carbonyl (C=O) groups is 2. The maximum atomic E-state index is 12.7. The Bertz CT molecular complexity index is 958. The Morgan fingerprint density at radius 2 is 1.56 bits per heavy atom. The van der Waals surface area contributed by atoms with Crippen LogP contribution in [0.5, 0.6) is 0 Å². The van der Waals surface area contributed by atoms with Crippen molar-refractivity contribution >= 4 is 33.2 Å². The molecule has 1 saturated heterocycles. The third kappa shape index (κ3) is 4.20. The minimum atomic E-state index is -3.57. The average molecular weight is 390 g/mol. The monoisotopic (exact) mass is 390 g/mol. The van der Waals surface area contributed by atoms with E-state index in [9.17, 15) is 18.0 Å². The Balaban J connectivity index is 1.75. The lowest BCUT2D eigenvalue weighted by atomic mass is 10.2. The van der Waals surface area contributed by atoms with Crippen LogP contribution >= 0.6 is 0 Å². The minimum Gasteiger partial charge on any atom is -0.345 e. The molecule has 9 heteroatoms. The van der Waals surface area contributed by atoms with Gasteiger partial charge < -0.3 is 15.2 Å². The van der Waals surface area contributed by atoms with Crippen LogP contribution in [0.4, 0.5) is 11.4 Å². The number of rotatable bonds is 5. The van der Waals surface area contributed by atoms with Crippen molar-refractivity contribution in [2.24, 2.45) is 7.05 Å². The summed E-state index contributed by atoms with van der Waals surface area (Å²) in [4.78, 5) is 23.7. The van der Waals surface area contributed by atoms with E-state index in [1.54, 1.807) is 31.3 Å². The zero-order valence-electron chi connectivity index (χ0n) is 15.2. The van der Waals surface area contributed by atoms with Crippen molar-refractivity contribution in [3.05, 3.63) is 42.2 Å². The zero-order valence-corrected chi connectivity index (χ0v) is 16.0. The lowest BCUT2D eigenvalue weighted by Gasteiger charge is -2.13. The van der Waals surface area contributed by atoms with Crippen molar-refractivity contribution in [2.75, 3.05) is 23.7 Å². The van der Waals surface area contributed by atoms with Crippen LogP contribution < -0.4 is 10.6 Å². The Labute approximate surface area is 158 Å². The fraction of sp³-hybridized carbons (Fsp3) is 0.333. The van der Waals surface area contributed by atoms with Gasteiger partial charge in [-0.1, -0.05) is 0 Å². The number of hydrogen-bond donors (Lipinski definition) is 2. The summed E-state index contributed by atoms with van der Waals surface area (Å²) < 4.78 is 28.3. The van der Waals surface area contributed by atoms with Crippen LogP contribution in [0, 0.1) is 0 Å². The van der Waals surface area contributed by atoms with E-state index in [1.165, 1.54) is 28.1 Å². The van der Waals surface area contributed by atoms with Crippen molar-refractivity contribution < 1.29 is 18.0 Å². The Morgan fingerprint density at radius 3 is 2.11 bits per heavy atom. The summed E-state index contributed by atoms with van der Waals surface area (Å²) >= 11 is 0. The van der Waals surface area contributed by atoms with Crippen LogP contribution in [0.15, 0.2) is 41.4 Å². The number of nitrogens with zero attached hydrogens (tertiary/aromatic N) is 2. The first-order valence-electron chi connectivity index (χ1n) is 8.63. The molecule has 0 spiro atoms. The van der Waals surface area contributed by atoms with Crippen molar-refractivity contribution in [3.63, 3.8) is 0 Å². The summed E-state index contributed by atoms with van der Waals surface area (Å²) in [5.74, 6) is -0.588. The Hall–Kier alpha value is -2.65. The number of carbonyl (C=O) groups excluding carboxylic acids is 2. The molecule has 0 aliphatic carbocycles. The number of hydrogen-bond acceptors (Lipinski definition) is 4. The second kappa shape index (κ2) is 7.53. The summed E-state index contributed by atoms with van der Waals surface area (Å²) in [5, 5.41) is 5.38. The molecule has 1 aromatic carbocycles. The van der Waals surface area contributed by atoms with E-state index in [0.717, 1.165) is 12.8 Å². The van der Waals surface area contributed by atoms with Crippen LogP contribution in [0.3, 0.4) is 0 Å². The predicted molar refractivity (Wildman–Crippen MR) is 102 cm³/mol. The van der Waals surface area contributed by atoms with E-state index in [4.69, 9.17) is 0 Å². The molecule has 0 saturated carbocycles. The van der Waals surface area contributed by atoms with Crippen LogP contribution in [-0.2, 0) is 21.9 Å². The van der Waals surface area contributed by atoms with Crippen LogP contribution in [0.1, 0.15) is 30.3 Å². The van der Waals surface area contributed by atoms with Gasteiger partial charge in [-0.15, -0.1) is 0 Å². The molecule has 3 rings (SSSR count). The van der Waals surface area contributed by atoms with Crippen LogP contribution in [0.2, 0.25) is 0 Å². The van der Waals surface area contributed by atoms with Gasteiger partial charge in [-0.2, -0.15) is 4.31 Å². The molecule has 27 heavy (non-hydrogen) atoms. The number of benzene rings is 1. The number of nitrogens with one attached hydrogen (secondary N) is 2. The quantitative estimate of drug-likeness (QED) is 0.816. The fourth-order valence-electron chi connectivity index (χ4n) is 3.01. The first-order valence-corrected chi connectivity index (χ1v) is 10.1. The summed E-state index contributed by atoms with van der Waals surface area (Å²) in [6.45, 7) is 2.44. The van der Waals surface area contributed by atoms with E-state index in [0.29, 0.717) is 24.5 Å². The van der Waals surface area contributed by atoms with Gasteiger partial charge in [0.25, 0.3) is 5.91 Å². The summed E-state index contributed by atoms with van der Waals surface area (Å²) in [5.41, 5.74) is 1.41. The molecule has 0 unspecified atom stereocenters. The Morgan fingerprint density at radius 1 is 1.00 bits per heavy atom. The molecule has 2 aromatic rings. The van der Waals surface area contributed by atoms with Gasteiger partial charge in [0.05, 0.1) is 0 Å². The number of anilines is 2. The fourth-order valence-corrected chi connectivity index (χ4v) is 4.60. The van der Waals surface area contributed by atoms with Crippen molar-refractivity contribution in [1.82, 2.24) is 8.87 Å². The second-order valence-electron chi connectivity index (χ2n) is 6.50. The lowest BCUT2D eigenvalue weighted by molar-refractivity contribution is -0.114. The number of aryl methyl sites for hydroxylation is 1. The maximum Gasteiger partial charge on any atom is 0.272 e. The molecular formula is C18H22N4O4S. The number of aromatic nitrogens is 1. The largest absolute Gasteiger partial charge is 0.345 e. The standard InChI is InChI=1S/C18H22N4O4S/c1-13(23)19-14-5-7-15(8-6-14)20-18(24)17-11-16(12-21(17)2)27(25,26)22-9-3-4-10-22/h5-8,11-12H,3-4,9-10H2,1-2H3,(H,19,23)(H,20,24). The highest BCUT2D eigenvalue weighted by Gasteiger charge is 2.29. The summed E-state index contributed by atoms with van der Waals surface area (Å²) in [7, 11) is -1.93. The molecule has 0 bridgehead atoms. The maximum absolute atomic E-state index is 12.7. The molecule has 8 nitrogen and oxygen atoms in total. The molecule has 0 atom stereocenters. The van der Waals surface area contributed by atoms with E-state index in [2.05, 4.69) is 10.6 Å². The predicted octanol–water partition coefficient (Wildman–Crippen LogP) is 2.02. The molecule has 1 aromatic heterocycles. The van der Waals surface area contributed by atoms with Gasteiger partial charge >= 0.3 is 0 Å². The molecule has 1 fully saturated rings. The highest BCUT2D eigenvalue weighted by atomic mass is 32.2. The van der Waals surface area contributed by atoms with Gasteiger partial charge in [-0.25, -0.2) is 8.42 Å². The zero-order chi connectivity index (χ0) is 19.6. The molecule has 0 radical (unpaired) electrons. The first kappa shape index (κ1) is 19.1. The molecule has 1 aliphatic heterocycles. The summed E-state index contributed by atoms with van der Waals surface area (Å²) in [6, 6.07) is 8.06. The van der Waals surface area contributed by atoms with Crippen molar-refractivity contribution in [1.29, 1.82) is 0 Å². The van der Waals surface area contributed by atoms with Gasteiger partial charge in [0, 0.05) is 44.6 Å². The topological polar surface area (TPSA) is 101 Å². The average Bonchev–Trinajstić information content (AvgIpc) is 3.26. The van der Waals surface area contributed by atoms with Gasteiger partial charge in [0.2, 0.25) is 15.9 Å². The number of sulfonamides is 1. The van der Waals surface area contributed by atoms with E-state index in [-0.39, 0.29) is 16.5 Å². The molecular weight excluding hydrogens is 368 g/mol. The Kier molecular flexibility index (Phi) is 5.33. The summed E-state index contributed by atoms with van der Waals surface area (Å²) in [6.07, 6.45) is 3.17. The van der Waals surface area contributed by atoms with Gasteiger partial charge in [-0.3, -0.25) is 9.59 Å². The minimum absolute atomic E-state index is 0.123. The molecule has 2 N–H and O–H groups in total. The molecule has 2 amide bonds.